The van der Waals surface area contributed by atoms with Gasteiger partial charge in [-0.2, -0.15) is 0 Å². The van der Waals surface area contributed by atoms with Gasteiger partial charge in [0.25, 0.3) is 0 Å². The summed E-state index contributed by atoms with van der Waals surface area (Å²) in [5.41, 5.74) is 3.87. The minimum Gasteiger partial charge on any atom is -0.330 e. The number of hydrogen-bond donors (Lipinski definition) is 1. The zero-order valence-corrected chi connectivity index (χ0v) is 14.3. The molecule has 1 aromatic heterocycles. The molecule has 0 saturated carbocycles. The lowest BCUT2D eigenvalue weighted by Gasteiger charge is -2.09. The van der Waals surface area contributed by atoms with Crippen LogP contribution in [0, 0.1) is 11.7 Å². The maximum absolute atomic E-state index is 6.12. The van der Waals surface area contributed by atoms with Gasteiger partial charge in [0.15, 0.2) is 4.77 Å². The molecule has 1 heterocycles. The third kappa shape index (κ3) is 2.21. The number of H-pyrrole nitrogens is 1. The molecule has 1 N–H and O–H groups in total. The van der Waals surface area contributed by atoms with Crippen molar-refractivity contribution in [3.63, 3.8) is 0 Å². The molecule has 0 bridgehead atoms. The predicted octanol–water partition coefficient (Wildman–Crippen LogP) is 6.07. The summed E-state index contributed by atoms with van der Waals surface area (Å²) in [5, 5.41) is 1.01. The van der Waals surface area contributed by atoms with Crippen molar-refractivity contribution >= 4 is 62.4 Å². The van der Waals surface area contributed by atoms with E-state index in [9.17, 15) is 0 Å². The topological polar surface area (TPSA) is 20.7 Å². The molecule has 2 aromatic carbocycles. The smallest absolute Gasteiger partial charge is 0.182 e. The second kappa shape index (κ2) is 5.19. The fourth-order valence-corrected chi connectivity index (χ4v) is 3.22. The van der Waals surface area contributed by atoms with Gasteiger partial charge in [-0.15, -0.1) is 0 Å². The zero-order chi connectivity index (χ0) is 14.4. The van der Waals surface area contributed by atoms with E-state index in [2.05, 4.69) is 20.9 Å². The van der Waals surface area contributed by atoms with Crippen molar-refractivity contribution in [2.75, 3.05) is 0 Å². The van der Waals surface area contributed by atoms with Crippen molar-refractivity contribution in [1.82, 2.24) is 9.55 Å². The van der Waals surface area contributed by atoms with Gasteiger partial charge < -0.3 is 4.98 Å². The van der Waals surface area contributed by atoms with E-state index in [0.29, 0.717) is 14.8 Å². The van der Waals surface area contributed by atoms with Crippen LogP contribution in [0.4, 0.5) is 0 Å². The van der Waals surface area contributed by atoms with Gasteiger partial charge >= 0.3 is 0 Å². The minimum absolute atomic E-state index is 0.505. The Balaban J connectivity index is 2.42. The van der Waals surface area contributed by atoms with Gasteiger partial charge in [-0.1, -0.05) is 35.3 Å². The number of imidazole rings is 1. The molecule has 3 aromatic rings. The van der Waals surface area contributed by atoms with Crippen molar-refractivity contribution in [3.05, 3.63) is 55.2 Å². The second-order valence-electron chi connectivity index (χ2n) is 4.46. The van der Waals surface area contributed by atoms with Crippen molar-refractivity contribution < 1.29 is 0 Å². The first-order valence-electron chi connectivity index (χ1n) is 5.84. The van der Waals surface area contributed by atoms with Gasteiger partial charge in [0.05, 0.1) is 26.8 Å². The number of halogens is 3. The number of nitrogens with zero attached hydrogens (tertiary/aromatic N) is 1. The van der Waals surface area contributed by atoms with Gasteiger partial charge in [0.1, 0.15) is 0 Å². The van der Waals surface area contributed by atoms with Crippen LogP contribution in [-0.4, -0.2) is 9.55 Å². The predicted molar refractivity (Wildman–Crippen MR) is 90.9 cm³/mol. The Hall–Kier alpha value is -0.810. The summed E-state index contributed by atoms with van der Waals surface area (Å²) < 4.78 is 3.55. The molecular formula is C14H9BrCl2N2S. The molecule has 0 fully saturated rings. The Morgan fingerprint density at radius 3 is 2.65 bits per heavy atom. The molecule has 0 saturated heterocycles. The van der Waals surface area contributed by atoms with Crippen molar-refractivity contribution in [1.29, 1.82) is 0 Å². The molecule has 0 unspecified atom stereocenters. The van der Waals surface area contributed by atoms with Crippen molar-refractivity contribution in [2.45, 2.75) is 6.92 Å². The van der Waals surface area contributed by atoms with Gasteiger partial charge in [-0.3, -0.25) is 4.57 Å². The number of aromatic nitrogens is 2. The van der Waals surface area contributed by atoms with Crippen LogP contribution < -0.4 is 0 Å². The number of benzene rings is 2. The lowest BCUT2D eigenvalue weighted by atomic mass is 10.2. The van der Waals surface area contributed by atoms with Crippen LogP contribution in [0.5, 0.6) is 0 Å². The summed E-state index contributed by atoms with van der Waals surface area (Å²) in [4.78, 5) is 3.15. The van der Waals surface area contributed by atoms with Gasteiger partial charge in [0.2, 0.25) is 0 Å². The number of hydrogen-bond acceptors (Lipinski definition) is 1. The van der Waals surface area contributed by atoms with E-state index in [4.69, 9.17) is 35.4 Å². The summed E-state index contributed by atoms with van der Waals surface area (Å²) >= 11 is 21.2. The lowest BCUT2D eigenvalue weighted by molar-refractivity contribution is 1.05. The highest BCUT2D eigenvalue weighted by Gasteiger charge is 2.12. The van der Waals surface area contributed by atoms with Crippen LogP contribution >= 0.6 is 51.3 Å². The molecule has 2 nitrogen and oxygen atoms in total. The summed E-state index contributed by atoms with van der Waals surface area (Å²) in [6.07, 6.45) is 0. The summed E-state index contributed by atoms with van der Waals surface area (Å²) in [6, 6.07) is 9.64. The maximum Gasteiger partial charge on any atom is 0.182 e. The van der Waals surface area contributed by atoms with E-state index in [-0.39, 0.29) is 0 Å². The number of aromatic amines is 1. The monoisotopic (exact) mass is 386 g/mol. The summed E-state index contributed by atoms with van der Waals surface area (Å²) in [5.74, 6) is 0. The number of fused-ring (bicyclic) bond motifs is 1. The zero-order valence-electron chi connectivity index (χ0n) is 10.4. The molecule has 0 aliphatic heterocycles. The third-order valence-electron chi connectivity index (χ3n) is 3.14. The molecule has 0 spiro atoms. The Bertz CT molecular complexity index is 883. The molecule has 0 aliphatic carbocycles. The van der Waals surface area contributed by atoms with Crippen LogP contribution in [0.2, 0.25) is 10.0 Å². The van der Waals surface area contributed by atoms with E-state index < -0.39 is 0 Å². The molecule has 0 aliphatic rings. The van der Waals surface area contributed by atoms with Gasteiger partial charge in [0, 0.05) is 4.47 Å². The van der Waals surface area contributed by atoms with E-state index in [1.807, 2.05) is 35.8 Å². The lowest BCUT2D eigenvalue weighted by Crippen LogP contribution is -1.96. The normalized spacial score (nSPS) is 11.2. The average Bonchev–Trinajstić information content (AvgIpc) is 2.69. The molecule has 0 amide bonds. The second-order valence-corrected chi connectivity index (χ2v) is 6.45. The quantitative estimate of drug-likeness (QED) is 0.502. The van der Waals surface area contributed by atoms with Crippen LogP contribution in [-0.2, 0) is 0 Å². The highest BCUT2D eigenvalue weighted by molar-refractivity contribution is 9.10. The molecule has 20 heavy (non-hydrogen) atoms. The number of nitrogens with one attached hydrogen (secondary N) is 1. The van der Waals surface area contributed by atoms with E-state index in [1.54, 1.807) is 6.07 Å². The average molecular weight is 388 g/mol. The Kier molecular flexibility index (Phi) is 3.67. The van der Waals surface area contributed by atoms with Crippen LogP contribution in [0.3, 0.4) is 0 Å². The molecule has 102 valence electrons. The highest BCUT2D eigenvalue weighted by atomic mass is 79.9. The van der Waals surface area contributed by atoms with Gasteiger partial charge in [-0.05, 0) is 58.8 Å². The molecule has 6 heteroatoms. The number of aryl methyl sites for hydroxylation is 1. The molecular weight excluding hydrogens is 379 g/mol. The van der Waals surface area contributed by atoms with Crippen molar-refractivity contribution in [3.8, 4) is 5.69 Å². The van der Waals surface area contributed by atoms with E-state index >= 15 is 0 Å². The van der Waals surface area contributed by atoms with E-state index in [0.717, 1.165) is 26.8 Å². The Morgan fingerprint density at radius 1 is 1.20 bits per heavy atom. The van der Waals surface area contributed by atoms with Gasteiger partial charge in [-0.25, -0.2) is 0 Å². The third-order valence-corrected chi connectivity index (χ3v) is 5.17. The van der Waals surface area contributed by atoms with E-state index in [1.165, 1.54) is 0 Å². The van der Waals surface area contributed by atoms with Crippen LogP contribution in [0.25, 0.3) is 16.7 Å². The fourth-order valence-electron chi connectivity index (χ4n) is 2.15. The highest BCUT2D eigenvalue weighted by Crippen LogP contribution is 2.32. The fraction of sp³-hybridized carbons (Fsp3) is 0.0714. The summed E-state index contributed by atoms with van der Waals surface area (Å²) in [7, 11) is 0. The van der Waals surface area contributed by atoms with Crippen molar-refractivity contribution in [2.24, 2.45) is 0 Å². The molecule has 0 radical (unpaired) electrons. The summed E-state index contributed by atoms with van der Waals surface area (Å²) in [6.45, 7) is 2.04. The standard InChI is InChI=1S/C14H9BrCl2N2S/c1-7-3-2-4-11(13(7)15)19-12-6-9(17)8(16)5-10(12)18-14(19)20/h2-6H,1H3,(H,18,20). The van der Waals surface area contributed by atoms with Crippen LogP contribution in [0.1, 0.15) is 5.56 Å². The molecule has 3 rings (SSSR count). The Morgan fingerprint density at radius 2 is 1.90 bits per heavy atom. The first kappa shape index (κ1) is 14.1. The Labute approximate surface area is 139 Å². The molecule has 0 atom stereocenters. The maximum atomic E-state index is 6.12. The largest absolute Gasteiger partial charge is 0.330 e. The minimum atomic E-state index is 0.505. The first-order valence-corrected chi connectivity index (χ1v) is 7.80. The number of rotatable bonds is 1. The van der Waals surface area contributed by atoms with Crippen LogP contribution in [0.15, 0.2) is 34.8 Å². The first-order chi connectivity index (χ1) is 9.49. The SMILES string of the molecule is Cc1cccc(-n2c(=S)[nH]c3cc(Cl)c(Cl)cc32)c1Br.